The Morgan fingerprint density at radius 1 is 1.44 bits per heavy atom. The first-order chi connectivity index (χ1) is 4.23. The predicted molar refractivity (Wildman–Crippen MR) is 28.8 cm³/mol. The summed E-state index contributed by atoms with van der Waals surface area (Å²) in [5.74, 6) is 0. The van der Waals surface area contributed by atoms with Gasteiger partial charge in [0.05, 0.1) is 0 Å². The van der Waals surface area contributed by atoms with Gasteiger partial charge in [-0.15, -0.1) is 10.1 Å². The van der Waals surface area contributed by atoms with Crippen molar-refractivity contribution in [3.63, 3.8) is 0 Å². The fraction of sp³-hybridized carbons (Fsp3) is 1.00. The van der Waals surface area contributed by atoms with Crippen LogP contribution in [-0.4, -0.2) is 23.5 Å². The van der Waals surface area contributed by atoms with Crippen LogP contribution in [0.4, 0.5) is 0 Å². The molecule has 1 aliphatic heterocycles. The molecule has 9 heavy (non-hydrogen) atoms. The van der Waals surface area contributed by atoms with Crippen molar-refractivity contribution in [3.05, 3.63) is 10.1 Å². The molecule has 0 spiro atoms. The van der Waals surface area contributed by atoms with Crippen LogP contribution in [0.1, 0.15) is 12.8 Å². The summed E-state index contributed by atoms with van der Waals surface area (Å²) >= 11 is 0. The van der Waals surface area contributed by atoms with Gasteiger partial charge in [-0.05, 0) is 12.8 Å². The number of rotatable bonds is 0. The van der Waals surface area contributed by atoms with Crippen molar-refractivity contribution in [2.75, 3.05) is 13.2 Å². The molecule has 0 saturated carbocycles. The van der Waals surface area contributed by atoms with Crippen molar-refractivity contribution < 1.29 is 15.0 Å². The van der Waals surface area contributed by atoms with E-state index in [9.17, 15) is 0 Å². The highest BCUT2D eigenvalue weighted by Crippen LogP contribution is 1.98. The maximum Gasteiger partial charge on any atom is 0.291 e. The molecular formula is C4H9NO4. The van der Waals surface area contributed by atoms with E-state index in [1.165, 1.54) is 12.8 Å². The van der Waals surface area contributed by atoms with E-state index in [0.717, 1.165) is 13.2 Å². The molecule has 5 nitrogen and oxygen atoms in total. The Hall–Kier alpha value is -0.840. The first kappa shape index (κ1) is 8.16. The van der Waals surface area contributed by atoms with Gasteiger partial charge in [-0.1, -0.05) is 0 Å². The van der Waals surface area contributed by atoms with E-state index in [4.69, 9.17) is 20.1 Å². The molecule has 5 heteroatoms. The van der Waals surface area contributed by atoms with Crippen LogP contribution in [0.15, 0.2) is 0 Å². The summed E-state index contributed by atoms with van der Waals surface area (Å²) in [6.07, 6.45) is 2.56. The molecule has 0 unspecified atom stereocenters. The van der Waals surface area contributed by atoms with Gasteiger partial charge in [0.25, 0.3) is 5.09 Å². The lowest BCUT2D eigenvalue weighted by atomic mass is 10.4. The van der Waals surface area contributed by atoms with E-state index in [0.29, 0.717) is 0 Å². The van der Waals surface area contributed by atoms with Crippen LogP contribution in [0.5, 0.6) is 0 Å². The molecule has 54 valence electrons. The van der Waals surface area contributed by atoms with Crippen LogP contribution in [0, 0.1) is 10.1 Å². The lowest BCUT2D eigenvalue weighted by Gasteiger charge is -1.76. The van der Waals surface area contributed by atoms with Gasteiger partial charge >= 0.3 is 0 Å². The van der Waals surface area contributed by atoms with Crippen molar-refractivity contribution in [1.82, 2.24) is 0 Å². The van der Waals surface area contributed by atoms with E-state index >= 15 is 0 Å². The topological polar surface area (TPSA) is 72.6 Å². The summed E-state index contributed by atoms with van der Waals surface area (Å²) in [4.78, 5) is 8.36. The molecule has 1 fully saturated rings. The summed E-state index contributed by atoms with van der Waals surface area (Å²) in [6.45, 7) is 2.00. The predicted octanol–water partition coefficient (Wildman–Crippen LogP) is 0.449. The Balaban J connectivity index is 0.000000148. The average molecular weight is 135 g/mol. The van der Waals surface area contributed by atoms with E-state index in [-0.39, 0.29) is 0 Å². The molecule has 1 heterocycles. The highest BCUT2D eigenvalue weighted by Gasteiger charge is 1.94. The minimum atomic E-state index is -1.50. The zero-order chi connectivity index (χ0) is 7.11. The molecule has 0 aromatic carbocycles. The number of hydrogen-bond acceptors (Lipinski definition) is 3. The van der Waals surface area contributed by atoms with Gasteiger partial charge in [-0.25, -0.2) is 0 Å². The van der Waals surface area contributed by atoms with Gasteiger partial charge in [-0.3, -0.25) is 0 Å². The molecule has 0 amide bonds. The van der Waals surface area contributed by atoms with E-state index in [2.05, 4.69) is 0 Å². The number of hydrogen-bond donors (Lipinski definition) is 1. The first-order valence-corrected chi connectivity index (χ1v) is 2.64. The normalized spacial score (nSPS) is 16.0. The molecule has 0 aromatic heterocycles. The van der Waals surface area contributed by atoms with Crippen molar-refractivity contribution in [2.45, 2.75) is 12.8 Å². The minimum absolute atomic E-state index is 1.00. The average Bonchev–Trinajstić information content (AvgIpc) is 2.11. The van der Waals surface area contributed by atoms with Gasteiger partial charge in [0, 0.05) is 13.2 Å². The molecule has 0 aromatic rings. The molecule has 1 saturated heterocycles. The highest BCUT2D eigenvalue weighted by atomic mass is 16.9. The van der Waals surface area contributed by atoms with Gasteiger partial charge in [-0.2, -0.15) is 0 Å². The molecule has 0 radical (unpaired) electrons. The van der Waals surface area contributed by atoms with Crippen molar-refractivity contribution in [2.24, 2.45) is 0 Å². The van der Waals surface area contributed by atoms with Crippen LogP contribution >= 0.6 is 0 Å². The van der Waals surface area contributed by atoms with Gasteiger partial charge in [0.1, 0.15) is 0 Å². The van der Waals surface area contributed by atoms with Crippen LogP contribution in [-0.2, 0) is 4.74 Å². The lowest BCUT2D eigenvalue weighted by molar-refractivity contribution is -0.742. The van der Waals surface area contributed by atoms with Crippen molar-refractivity contribution >= 4 is 0 Å². The maximum absolute atomic E-state index is 8.36. The Labute approximate surface area is 52.3 Å². The van der Waals surface area contributed by atoms with Crippen LogP contribution < -0.4 is 0 Å². The highest BCUT2D eigenvalue weighted by molar-refractivity contribution is 4.43. The third-order valence-corrected chi connectivity index (χ3v) is 0.827. The van der Waals surface area contributed by atoms with Crippen LogP contribution in [0.25, 0.3) is 0 Å². The molecule has 1 aliphatic rings. The third kappa shape index (κ3) is 11.0. The zero-order valence-electron chi connectivity index (χ0n) is 4.95. The maximum atomic E-state index is 8.36. The smallest absolute Gasteiger partial charge is 0.291 e. The molecule has 0 aliphatic carbocycles. The first-order valence-electron chi connectivity index (χ1n) is 2.64. The minimum Gasteiger partial charge on any atom is -0.381 e. The number of nitrogens with zero attached hydrogens (tertiary/aromatic N) is 1. The Kier molecular flexibility index (Phi) is 4.81. The SMILES string of the molecule is C1CCOC1.O=[N+]([O-])O. The summed E-state index contributed by atoms with van der Waals surface area (Å²) in [7, 11) is 0. The van der Waals surface area contributed by atoms with Crippen molar-refractivity contribution in [1.29, 1.82) is 0 Å². The van der Waals surface area contributed by atoms with E-state index in [1.54, 1.807) is 0 Å². The van der Waals surface area contributed by atoms with Gasteiger partial charge in [0.2, 0.25) is 0 Å². The van der Waals surface area contributed by atoms with E-state index < -0.39 is 5.09 Å². The molecular weight excluding hydrogens is 126 g/mol. The lowest BCUT2D eigenvalue weighted by Crippen LogP contribution is -1.81. The molecule has 1 rings (SSSR count). The van der Waals surface area contributed by atoms with E-state index in [1.807, 2.05) is 0 Å². The third-order valence-electron chi connectivity index (χ3n) is 0.827. The Bertz CT molecular complexity index is 69.0. The molecule has 0 atom stereocenters. The Morgan fingerprint density at radius 3 is 1.89 bits per heavy atom. The monoisotopic (exact) mass is 135 g/mol. The van der Waals surface area contributed by atoms with Crippen molar-refractivity contribution in [3.8, 4) is 0 Å². The standard InChI is InChI=1S/C4H8O.HNO3/c1-2-4-5-3-1;2-1(3)4/h1-4H2;(H,2,3,4). The molecule has 1 N–H and O–H groups in total. The quantitative estimate of drug-likeness (QED) is 0.386. The summed E-state index contributed by atoms with van der Waals surface area (Å²) in [5.41, 5.74) is 0. The fourth-order valence-corrected chi connectivity index (χ4v) is 0.510. The second-order valence-corrected chi connectivity index (χ2v) is 1.56. The second kappa shape index (κ2) is 5.30. The summed E-state index contributed by atoms with van der Waals surface area (Å²) in [5, 5.41) is 13.6. The fourth-order valence-electron chi connectivity index (χ4n) is 0.510. The van der Waals surface area contributed by atoms with Crippen LogP contribution in [0.3, 0.4) is 0 Å². The number of ether oxygens (including phenoxy) is 1. The second-order valence-electron chi connectivity index (χ2n) is 1.56. The summed E-state index contributed by atoms with van der Waals surface area (Å²) < 4.78 is 4.94. The molecule has 0 bridgehead atoms. The summed E-state index contributed by atoms with van der Waals surface area (Å²) in [6, 6.07) is 0. The largest absolute Gasteiger partial charge is 0.381 e. The van der Waals surface area contributed by atoms with Gasteiger partial charge < -0.3 is 9.94 Å². The Morgan fingerprint density at radius 2 is 1.78 bits per heavy atom. The van der Waals surface area contributed by atoms with Crippen LogP contribution in [0.2, 0.25) is 0 Å². The zero-order valence-corrected chi connectivity index (χ0v) is 4.95. The van der Waals surface area contributed by atoms with Gasteiger partial charge in [0.15, 0.2) is 0 Å².